The molecule has 12 aromatic rings. The van der Waals surface area contributed by atoms with Crippen LogP contribution in [0.5, 0.6) is 0 Å². The summed E-state index contributed by atoms with van der Waals surface area (Å²) >= 11 is 1.85. The molecular formula is C62H43N3S. The van der Waals surface area contributed by atoms with Gasteiger partial charge in [0, 0.05) is 71.4 Å². The van der Waals surface area contributed by atoms with Crippen LogP contribution in [-0.2, 0) is 0 Å². The lowest BCUT2D eigenvalue weighted by atomic mass is 10.0. The van der Waals surface area contributed by atoms with Gasteiger partial charge in [-0.05, 0) is 142 Å². The molecule has 66 heavy (non-hydrogen) atoms. The fourth-order valence-electron chi connectivity index (χ4n) is 9.39. The lowest BCUT2D eigenvalue weighted by molar-refractivity contribution is 1.25. The van der Waals surface area contributed by atoms with Crippen LogP contribution < -0.4 is 14.7 Å². The second-order valence-corrected chi connectivity index (χ2v) is 17.7. The summed E-state index contributed by atoms with van der Waals surface area (Å²) in [4.78, 5) is 7.16. The van der Waals surface area contributed by atoms with Crippen molar-refractivity contribution in [3.05, 3.63) is 261 Å². The number of hydrogen-bond acceptors (Lipinski definition) is 4. The largest absolute Gasteiger partial charge is 0.310 e. The zero-order chi connectivity index (χ0) is 43.8. The number of nitrogens with zero attached hydrogens (tertiary/aromatic N) is 3. The average Bonchev–Trinajstić information content (AvgIpc) is 3.75. The predicted molar refractivity (Wildman–Crippen MR) is 284 cm³/mol. The molecule has 0 saturated carbocycles. The maximum absolute atomic E-state index is 2.41. The second kappa shape index (κ2) is 16.9. The van der Waals surface area contributed by atoms with Crippen LogP contribution in [0.25, 0.3) is 52.8 Å². The first kappa shape index (κ1) is 39.2. The first-order valence-corrected chi connectivity index (χ1v) is 23.2. The van der Waals surface area contributed by atoms with Crippen molar-refractivity contribution < 1.29 is 0 Å². The summed E-state index contributed by atoms with van der Waals surface area (Å²) in [5.41, 5.74) is 12.2. The van der Waals surface area contributed by atoms with Gasteiger partial charge in [-0.25, -0.2) is 0 Å². The van der Waals surface area contributed by atoms with Crippen molar-refractivity contribution in [3.63, 3.8) is 0 Å². The topological polar surface area (TPSA) is 9.72 Å². The van der Waals surface area contributed by atoms with Gasteiger partial charge in [0.1, 0.15) is 0 Å². The van der Waals surface area contributed by atoms with Gasteiger partial charge in [0.25, 0.3) is 0 Å². The average molecular weight is 862 g/mol. The molecule has 0 aliphatic heterocycles. The van der Waals surface area contributed by atoms with Crippen molar-refractivity contribution in [1.29, 1.82) is 0 Å². The summed E-state index contributed by atoms with van der Waals surface area (Å²) in [7, 11) is 0. The molecule has 0 fully saturated rings. The van der Waals surface area contributed by atoms with Crippen LogP contribution in [0.3, 0.4) is 0 Å². The van der Waals surface area contributed by atoms with E-state index in [0.29, 0.717) is 0 Å². The number of anilines is 9. The Morgan fingerprint density at radius 2 is 0.621 bits per heavy atom. The SMILES string of the molecule is c1ccc(-c2cc(N(c3ccccc3)c3ccccc3)cc(N(c3ccccc3)c3ccc4sc5cc(N(c6ccc7ccccc7c6)c6ccc7ccccc7c6)ccc5c4c3)c2)cc1. The summed E-state index contributed by atoms with van der Waals surface area (Å²) in [5, 5.41) is 7.36. The van der Waals surface area contributed by atoms with Crippen LogP contribution in [0, 0.1) is 0 Å². The quantitative estimate of drug-likeness (QED) is 0.136. The molecule has 0 spiro atoms. The van der Waals surface area contributed by atoms with E-state index in [1.165, 1.54) is 41.7 Å². The minimum atomic E-state index is 1.07. The molecule has 1 heterocycles. The van der Waals surface area contributed by atoms with E-state index in [0.717, 1.165) is 62.3 Å². The first-order chi connectivity index (χ1) is 32.7. The van der Waals surface area contributed by atoms with Gasteiger partial charge in [-0.2, -0.15) is 0 Å². The van der Waals surface area contributed by atoms with Crippen molar-refractivity contribution in [2.45, 2.75) is 0 Å². The molecule has 0 amide bonds. The molecule has 11 aromatic carbocycles. The molecule has 0 bridgehead atoms. The molecule has 12 rings (SSSR count). The van der Waals surface area contributed by atoms with Gasteiger partial charge in [0.05, 0.1) is 0 Å². The Kier molecular flexibility index (Phi) is 10.0. The van der Waals surface area contributed by atoms with E-state index in [1.54, 1.807) is 0 Å². The number of para-hydroxylation sites is 3. The number of hydrogen-bond donors (Lipinski definition) is 0. The number of rotatable bonds is 10. The van der Waals surface area contributed by atoms with Gasteiger partial charge in [-0.3, -0.25) is 0 Å². The van der Waals surface area contributed by atoms with Crippen molar-refractivity contribution in [3.8, 4) is 11.1 Å². The Morgan fingerprint density at radius 1 is 0.212 bits per heavy atom. The van der Waals surface area contributed by atoms with E-state index < -0.39 is 0 Å². The van der Waals surface area contributed by atoms with E-state index in [4.69, 9.17) is 0 Å². The zero-order valence-electron chi connectivity index (χ0n) is 36.1. The zero-order valence-corrected chi connectivity index (χ0v) is 36.9. The molecule has 0 N–H and O–H groups in total. The third kappa shape index (κ3) is 7.39. The Balaban J connectivity index is 1.01. The highest BCUT2D eigenvalue weighted by Gasteiger charge is 2.21. The van der Waals surface area contributed by atoms with Crippen molar-refractivity contribution in [1.82, 2.24) is 0 Å². The summed E-state index contributed by atoms with van der Waals surface area (Å²) in [6, 6.07) is 94.5. The van der Waals surface area contributed by atoms with Gasteiger partial charge in [-0.15, -0.1) is 11.3 Å². The fourth-order valence-corrected chi connectivity index (χ4v) is 10.5. The van der Waals surface area contributed by atoms with Gasteiger partial charge < -0.3 is 14.7 Å². The Bertz CT molecular complexity index is 3540. The van der Waals surface area contributed by atoms with Crippen molar-refractivity contribution in [2.75, 3.05) is 14.7 Å². The summed E-state index contributed by atoms with van der Waals surface area (Å²) in [6.45, 7) is 0. The summed E-state index contributed by atoms with van der Waals surface area (Å²) in [5.74, 6) is 0. The van der Waals surface area contributed by atoms with Crippen LogP contribution in [0.15, 0.2) is 261 Å². The van der Waals surface area contributed by atoms with Crippen LogP contribution in [0.4, 0.5) is 51.2 Å². The molecular weight excluding hydrogens is 819 g/mol. The molecule has 0 radical (unpaired) electrons. The van der Waals surface area contributed by atoms with Gasteiger partial charge in [0.15, 0.2) is 0 Å². The Hall–Kier alpha value is -8.44. The van der Waals surface area contributed by atoms with Crippen LogP contribution in [0.2, 0.25) is 0 Å². The monoisotopic (exact) mass is 861 g/mol. The van der Waals surface area contributed by atoms with Crippen LogP contribution in [-0.4, -0.2) is 0 Å². The first-order valence-electron chi connectivity index (χ1n) is 22.4. The minimum absolute atomic E-state index is 1.07. The third-order valence-electron chi connectivity index (χ3n) is 12.5. The van der Waals surface area contributed by atoms with E-state index >= 15 is 0 Å². The predicted octanol–water partition coefficient (Wildman–Crippen LogP) is 18.4. The van der Waals surface area contributed by atoms with Gasteiger partial charge in [0.2, 0.25) is 0 Å². The number of thiophene rings is 1. The van der Waals surface area contributed by atoms with Crippen LogP contribution in [0.1, 0.15) is 0 Å². The standard InChI is InChI=1S/C62H43N3S/c1-5-17-44(18-6-1)49-39-57(63(50-23-7-2-8-24-50)51-25-9-3-10-26-51)41-58(40-49)64(52-27-11-4-12-28-52)55-34-36-61-60(42-55)59-35-33-56(43-62(59)66-61)65(53-31-29-45-19-13-15-21-47(45)37-53)54-32-30-46-20-14-16-22-48(46)38-54/h1-43H. The normalized spacial score (nSPS) is 11.3. The van der Waals surface area contributed by atoms with Crippen LogP contribution >= 0.6 is 11.3 Å². The number of fused-ring (bicyclic) bond motifs is 5. The molecule has 0 atom stereocenters. The molecule has 1 aromatic heterocycles. The third-order valence-corrected chi connectivity index (χ3v) is 13.6. The van der Waals surface area contributed by atoms with Crippen molar-refractivity contribution in [2.24, 2.45) is 0 Å². The van der Waals surface area contributed by atoms with E-state index in [-0.39, 0.29) is 0 Å². The Morgan fingerprint density at radius 3 is 1.17 bits per heavy atom. The fraction of sp³-hybridized carbons (Fsp3) is 0. The summed E-state index contributed by atoms with van der Waals surface area (Å²) < 4.78 is 2.49. The highest BCUT2D eigenvalue weighted by molar-refractivity contribution is 7.25. The lowest BCUT2D eigenvalue weighted by Gasteiger charge is -2.30. The van der Waals surface area contributed by atoms with Crippen molar-refractivity contribution >= 4 is 104 Å². The Labute approximate surface area is 388 Å². The maximum Gasteiger partial charge on any atom is 0.0488 e. The molecule has 0 saturated heterocycles. The highest BCUT2D eigenvalue weighted by atomic mass is 32.1. The molecule has 4 heteroatoms. The molecule has 0 aliphatic rings. The smallest absolute Gasteiger partial charge is 0.0488 e. The van der Waals surface area contributed by atoms with Gasteiger partial charge >= 0.3 is 0 Å². The van der Waals surface area contributed by atoms with E-state index in [9.17, 15) is 0 Å². The highest BCUT2D eigenvalue weighted by Crippen LogP contribution is 2.46. The van der Waals surface area contributed by atoms with Gasteiger partial charge in [-0.1, -0.05) is 152 Å². The summed E-state index contributed by atoms with van der Waals surface area (Å²) in [6.07, 6.45) is 0. The van der Waals surface area contributed by atoms with E-state index in [1.807, 2.05) is 11.3 Å². The maximum atomic E-state index is 2.41. The second-order valence-electron chi connectivity index (χ2n) is 16.6. The lowest BCUT2D eigenvalue weighted by Crippen LogP contribution is -2.13. The molecule has 0 unspecified atom stereocenters. The number of benzene rings is 11. The minimum Gasteiger partial charge on any atom is -0.310 e. The molecule has 3 nitrogen and oxygen atoms in total. The van der Waals surface area contributed by atoms with E-state index in [2.05, 4.69) is 276 Å². The molecule has 312 valence electrons. The molecule has 0 aliphatic carbocycles.